The first-order chi connectivity index (χ1) is 11.4. The van der Waals surface area contributed by atoms with Crippen LogP contribution in [0.25, 0.3) is 5.57 Å². The summed E-state index contributed by atoms with van der Waals surface area (Å²) < 4.78 is 0. The van der Waals surface area contributed by atoms with Gasteiger partial charge in [-0.1, -0.05) is 30.4 Å². The summed E-state index contributed by atoms with van der Waals surface area (Å²) in [6, 6.07) is 8.75. The fourth-order valence-electron chi connectivity index (χ4n) is 3.74. The Morgan fingerprint density at radius 3 is 2.58 bits per heavy atom. The minimum atomic E-state index is -0.410. The van der Waals surface area contributed by atoms with Crippen LogP contribution >= 0.6 is 0 Å². The van der Waals surface area contributed by atoms with E-state index in [1.807, 2.05) is 13.0 Å². The second-order valence-corrected chi connectivity index (χ2v) is 7.68. The third-order valence-corrected chi connectivity index (χ3v) is 5.41. The number of rotatable bonds is 3. The minimum Gasteiger partial charge on any atom is -0.329 e. The van der Waals surface area contributed by atoms with Gasteiger partial charge in [-0.3, -0.25) is 0 Å². The van der Waals surface area contributed by atoms with Crippen LogP contribution in [0.15, 0.2) is 30.8 Å². The number of nitrogens with one attached hydrogen (secondary N) is 1. The number of fused-ring (bicyclic) bond motifs is 4. The normalized spacial score (nSPS) is 23.7. The van der Waals surface area contributed by atoms with Crippen molar-refractivity contribution in [2.75, 3.05) is 26.2 Å². The molecular formula is C20H29N3O. The van der Waals surface area contributed by atoms with Crippen LogP contribution in [0.2, 0.25) is 0 Å². The molecule has 0 radical (unpaired) electrons. The van der Waals surface area contributed by atoms with Crippen molar-refractivity contribution in [1.82, 2.24) is 15.1 Å². The highest BCUT2D eigenvalue weighted by Crippen LogP contribution is 2.26. The second kappa shape index (κ2) is 6.60. The smallest absolute Gasteiger partial charge is 0.318 e. The Hall–Kier alpha value is -1.81. The topological polar surface area (TPSA) is 35.6 Å². The van der Waals surface area contributed by atoms with Crippen molar-refractivity contribution in [2.45, 2.75) is 45.2 Å². The molecule has 0 aliphatic carbocycles. The van der Waals surface area contributed by atoms with Crippen molar-refractivity contribution in [3.05, 3.63) is 42.0 Å². The fraction of sp³-hybridized carbons (Fsp3) is 0.550. The number of carbonyl (C=O) groups excluding carboxylic acids is 1. The van der Waals surface area contributed by atoms with E-state index in [9.17, 15) is 4.79 Å². The summed E-state index contributed by atoms with van der Waals surface area (Å²) in [5.74, 6) is 0. The fourth-order valence-corrected chi connectivity index (χ4v) is 3.74. The first kappa shape index (κ1) is 17.0. The lowest BCUT2D eigenvalue weighted by Gasteiger charge is -2.35. The third kappa shape index (κ3) is 3.48. The Balaban J connectivity index is 1.74. The molecule has 0 aromatic heterocycles. The lowest BCUT2D eigenvalue weighted by Crippen LogP contribution is -2.52. The minimum absolute atomic E-state index is 0.0643. The maximum Gasteiger partial charge on any atom is 0.318 e. The quantitative estimate of drug-likeness (QED) is 0.923. The summed E-state index contributed by atoms with van der Waals surface area (Å²) in [7, 11) is 0. The van der Waals surface area contributed by atoms with E-state index in [-0.39, 0.29) is 6.03 Å². The highest BCUT2D eigenvalue weighted by Gasteiger charge is 2.34. The zero-order valence-electron chi connectivity index (χ0n) is 15.1. The van der Waals surface area contributed by atoms with Gasteiger partial charge in [-0.15, -0.1) is 0 Å². The van der Waals surface area contributed by atoms with Gasteiger partial charge in [-0.05, 0) is 50.8 Å². The Morgan fingerprint density at radius 1 is 1.21 bits per heavy atom. The van der Waals surface area contributed by atoms with Gasteiger partial charge in [0.05, 0.1) is 5.54 Å². The van der Waals surface area contributed by atoms with E-state index in [0.29, 0.717) is 6.04 Å². The molecule has 3 heterocycles. The molecular weight excluding hydrogens is 298 g/mol. The Labute approximate surface area is 145 Å². The SMILES string of the molecule is C=C(C)c1cccc(C(C)(C)NC(=O)N2CCN3CCC2CC3)c1. The number of amides is 2. The van der Waals surface area contributed by atoms with Gasteiger partial charge < -0.3 is 15.1 Å². The number of benzene rings is 1. The van der Waals surface area contributed by atoms with Gasteiger partial charge in [-0.25, -0.2) is 4.79 Å². The van der Waals surface area contributed by atoms with Crippen LogP contribution in [0.1, 0.15) is 44.7 Å². The van der Waals surface area contributed by atoms with E-state index in [2.05, 4.69) is 53.7 Å². The number of hydrogen-bond acceptors (Lipinski definition) is 2. The van der Waals surface area contributed by atoms with Gasteiger partial charge in [0.15, 0.2) is 0 Å². The predicted octanol–water partition coefficient (Wildman–Crippen LogP) is 3.44. The molecule has 4 heteroatoms. The van der Waals surface area contributed by atoms with Gasteiger partial charge in [0.2, 0.25) is 0 Å². The highest BCUT2D eigenvalue weighted by atomic mass is 16.2. The molecule has 4 nitrogen and oxygen atoms in total. The summed E-state index contributed by atoms with van der Waals surface area (Å²) in [6.45, 7) is 14.2. The van der Waals surface area contributed by atoms with E-state index in [0.717, 1.165) is 55.7 Å². The van der Waals surface area contributed by atoms with E-state index >= 15 is 0 Å². The summed E-state index contributed by atoms with van der Waals surface area (Å²) >= 11 is 0. The predicted molar refractivity (Wildman–Crippen MR) is 98.9 cm³/mol. The third-order valence-electron chi connectivity index (χ3n) is 5.41. The van der Waals surface area contributed by atoms with Crippen molar-refractivity contribution >= 4 is 11.6 Å². The maximum atomic E-state index is 12.9. The largest absolute Gasteiger partial charge is 0.329 e. The van der Waals surface area contributed by atoms with Crippen LogP contribution in [0.3, 0.4) is 0 Å². The molecule has 2 bridgehead atoms. The van der Waals surface area contributed by atoms with E-state index in [1.54, 1.807) is 0 Å². The molecule has 1 aromatic rings. The van der Waals surface area contributed by atoms with Crippen LogP contribution in [0.5, 0.6) is 0 Å². The second-order valence-electron chi connectivity index (χ2n) is 7.68. The first-order valence-corrected chi connectivity index (χ1v) is 8.94. The summed E-state index contributed by atoms with van der Waals surface area (Å²) in [6.07, 6.45) is 2.19. The van der Waals surface area contributed by atoms with Crippen LogP contribution in [0, 0.1) is 0 Å². The number of carbonyl (C=O) groups is 1. The van der Waals surface area contributed by atoms with Gasteiger partial charge in [0.1, 0.15) is 0 Å². The van der Waals surface area contributed by atoms with Crippen LogP contribution in [0.4, 0.5) is 4.79 Å². The van der Waals surface area contributed by atoms with Gasteiger partial charge in [0, 0.05) is 32.2 Å². The molecule has 1 N–H and O–H groups in total. The molecule has 130 valence electrons. The standard InChI is InChI=1S/C20H29N3O/c1-15(2)16-6-5-7-17(14-16)20(3,4)21-19(24)23-13-12-22-10-8-18(23)9-11-22/h5-7,14,18H,1,8-13H2,2-4H3,(H,21,24). The molecule has 2 amide bonds. The van der Waals surface area contributed by atoms with E-state index < -0.39 is 5.54 Å². The number of hydrogen-bond donors (Lipinski definition) is 1. The van der Waals surface area contributed by atoms with E-state index in [4.69, 9.17) is 0 Å². The van der Waals surface area contributed by atoms with Crippen molar-refractivity contribution in [1.29, 1.82) is 0 Å². The summed E-state index contributed by atoms with van der Waals surface area (Å²) in [5.41, 5.74) is 2.86. The average Bonchev–Trinajstić information content (AvgIpc) is 2.88. The Bertz CT molecular complexity index is 630. The zero-order chi connectivity index (χ0) is 17.3. The lowest BCUT2D eigenvalue weighted by atomic mass is 9.91. The van der Waals surface area contributed by atoms with Crippen LogP contribution in [-0.2, 0) is 5.54 Å². The first-order valence-electron chi connectivity index (χ1n) is 8.94. The van der Waals surface area contributed by atoms with Crippen LogP contribution in [-0.4, -0.2) is 48.1 Å². The maximum absolute atomic E-state index is 12.9. The van der Waals surface area contributed by atoms with Gasteiger partial charge >= 0.3 is 6.03 Å². The van der Waals surface area contributed by atoms with Gasteiger partial charge in [-0.2, -0.15) is 0 Å². The molecule has 0 atom stereocenters. The van der Waals surface area contributed by atoms with E-state index in [1.165, 1.54) is 0 Å². The molecule has 24 heavy (non-hydrogen) atoms. The average molecular weight is 327 g/mol. The summed E-state index contributed by atoms with van der Waals surface area (Å²) in [4.78, 5) is 17.4. The van der Waals surface area contributed by atoms with Crippen molar-refractivity contribution in [3.8, 4) is 0 Å². The molecule has 3 aliphatic rings. The molecule has 0 saturated carbocycles. The van der Waals surface area contributed by atoms with Crippen LogP contribution < -0.4 is 5.32 Å². The summed E-state index contributed by atoms with van der Waals surface area (Å²) in [5, 5.41) is 3.26. The molecule has 3 fully saturated rings. The van der Waals surface area contributed by atoms with Crippen molar-refractivity contribution in [2.24, 2.45) is 0 Å². The van der Waals surface area contributed by atoms with Gasteiger partial charge in [0.25, 0.3) is 0 Å². The lowest BCUT2D eigenvalue weighted by molar-refractivity contribution is 0.161. The number of piperidine rings is 1. The molecule has 0 unspecified atom stereocenters. The molecule has 0 spiro atoms. The molecule has 4 rings (SSSR count). The monoisotopic (exact) mass is 327 g/mol. The number of nitrogens with zero attached hydrogens (tertiary/aromatic N) is 2. The molecule has 1 aromatic carbocycles. The number of urea groups is 1. The molecule has 3 saturated heterocycles. The Kier molecular flexibility index (Phi) is 4.68. The van der Waals surface area contributed by atoms with Crippen molar-refractivity contribution in [3.63, 3.8) is 0 Å². The molecule has 3 aliphatic heterocycles. The number of allylic oxidation sites excluding steroid dienone is 1. The zero-order valence-corrected chi connectivity index (χ0v) is 15.1. The Morgan fingerprint density at radius 2 is 1.92 bits per heavy atom. The highest BCUT2D eigenvalue weighted by molar-refractivity contribution is 5.76. The van der Waals surface area contributed by atoms with Crippen molar-refractivity contribution < 1.29 is 4.79 Å².